The summed E-state index contributed by atoms with van der Waals surface area (Å²) in [4.78, 5) is 12.2. The second kappa shape index (κ2) is 8.78. The molecule has 0 spiro atoms. The Kier molecular flexibility index (Phi) is 5.91. The first-order valence-corrected chi connectivity index (χ1v) is 10.8. The van der Waals surface area contributed by atoms with Gasteiger partial charge >= 0.3 is 5.97 Å². The van der Waals surface area contributed by atoms with Crippen molar-refractivity contribution >= 4 is 28.7 Å². The summed E-state index contributed by atoms with van der Waals surface area (Å²) in [6.07, 6.45) is 7.54. The summed E-state index contributed by atoms with van der Waals surface area (Å²) < 4.78 is 6.31. The number of carbonyl (C=O) groups is 1. The minimum atomic E-state index is -0.916. The van der Waals surface area contributed by atoms with E-state index >= 15 is 0 Å². The van der Waals surface area contributed by atoms with Crippen molar-refractivity contribution in [3.8, 4) is 11.5 Å². The molecule has 2 aromatic rings. The van der Waals surface area contributed by atoms with Crippen LogP contribution in [-0.2, 0) is 4.79 Å². The van der Waals surface area contributed by atoms with Gasteiger partial charge in [-0.1, -0.05) is 37.3 Å². The molecule has 2 atom stereocenters. The van der Waals surface area contributed by atoms with Gasteiger partial charge in [0, 0.05) is 10.8 Å². The molecule has 0 saturated heterocycles. The molecule has 2 unspecified atom stereocenters. The third-order valence-corrected chi connectivity index (χ3v) is 6.55. The Bertz CT molecular complexity index is 1110. The maximum atomic E-state index is 11.2. The molecule has 2 aliphatic rings. The number of aliphatic hydroxyl groups excluding tert-OH is 1. The number of fused-ring (bicyclic) bond motifs is 1. The van der Waals surface area contributed by atoms with Crippen molar-refractivity contribution in [3.05, 3.63) is 95.0 Å². The van der Waals surface area contributed by atoms with Crippen LogP contribution in [0, 0.1) is 5.92 Å². The topological polar surface area (TPSA) is 87.0 Å². The highest BCUT2D eigenvalue weighted by Gasteiger charge is 2.37. The number of carboxylic acids is 1. The normalized spacial score (nSPS) is 20.4. The molecule has 31 heavy (non-hydrogen) atoms. The van der Waals surface area contributed by atoms with Gasteiger partial charge in [-0.05, 0) is 60.0 Å². The van der Waals surface area contributed by atoms with Gasteiger partial charge in [-0.15, -0.1) is 11.8 Å². The van der Waals surface area contributed by atoms with Gasteiger partial charge < -0.3 is 20.1 Å². The maximum Gasteiger partial charge on any atom is 0.331 e. The van der Waals surface area contributed by atoms with Crippen LogP contribution in [0.1, 0.15) is 24.5 Å². The lowest BCUT2D eigenvalue weighted by Crippen LogP contribution is -2.16. The van der Waals surface area contributed by atoms with E-state index in [1.54, 1.807) is 36.0 Å². The summed E-state index contributed by atoms with van der Waals surface area (Å²) in [5, 5.41) is 28.8. The molecule has 0 fully saturated rings. The number of allylic oxidation sites excluding steroid dienone is 2. The van der Waals surface area contributed by atoms with Gasteiger partial charge in [0.25, 0.3) is 0 Å². The Morgan fingerprint density at radius 2 is 1.81 bits per heavy atom. The number of ether oxygens (including phenoxy) is 1. The molecule has 2 aromatic carbocycles. The Balaban J connectivity index is 1.65. The number of aromatic hydroxyl groups is 1. The number of thioether (sulfide) groups is 1. The monoisotopic (exact) mass is 434 g/mol. The molecule has 0 amide bonds. The average molecular weight is 435 g/mol. The van der Waals surface area contributed by atoms with Crippen molar-refractivity contribution in [2.45, 2.75) is 18.6 Å². The van der Waals surface area contributed by atoms with Crippen molar-refractivity contribution in [2.75, 3.05) is 0 Å². The highest BCUT2D eigenvalue weighted by molar-refractivity contribution is 8.09. The van der Waals surface area contributed by atoms with Gasteiger partial charge in [-0.25, -0.2) is 4.79 Å². The zero-order valence-electron chi connectivity index (χ0n) is 16.9. The van der Waals surface area contributed by atoms with Crippen LogP contribution < -0.4 is 4.74 Å². The summed E-state index contributed by atoms with van der Waals surface area (Å²) in [5.74, 6) is 0.917. The number of hydrogen-bond donors (Lipinski definition) is 3. The molecular formula is C25H22O5S. The SMILES string of the molecule is CC/C(=C\c1ccc(OC2=C(c3ccc(O)cc3)SC3C=C(O)C=CC23)cc1)C(=O)O. The van der Waals surface area contributed by atoms with Gasteiger partial charge in [-0.2, -0.15) is 0 Å². The van der Waals surface area contributed by atoms with E-state index < -0.39 is 5.97 Å². The van der Waals surface area contributed by atoms with E-state index in [4.69, 9.17) is 4.74 Å². The van der Waals surface area contributed by atoms with Crippen LogP contribution >= 0.6 is 11.8 Å². The Morgan fingerprint density at radius 1 is 1.10 bits per heavy atom. The summed E-state index contributed by atoms with van der Waals surface area (Å²) >= 11 is 1.61. The molecule has 158 valence electrons. The van der Waals surface area contributed by atoms with Gasteiger partial charge in [-0.3, -0.25) is 0 Å². The number of rotatable bonds is 6. The molecule has 1 heterocycles. The highest BCUT2D eigenvalue weighted by atomic mass is 32.2. The Hall–Kier alpha value is -3.38. The molecule has 4 rings (SSSR count). The first kappa shape index (κ1) is 20.9. The number of carboxylic acid groups (broad SMARTS) is 1. The molecule has 1 aliphatic heterocycles. The van der Waals surface area contributed by atoms with E-state index in [-0.39, 0.29) is 22.7 Å². The number of aliphatic carboxylic acids is 1. The summed E-state index contributed by atoms with van der Waals surface area (Å²) in [7, 11) is 0. The first-order chi connectivity index (χ1) is 14.9. The molecule has 1 aliphatic carbocycles. The second-order valence-corrected chi connectivity index (χ2v) is 8.49. The van der Waals surface area contributed by atoms with E-state index in [1.165, 1.54) is 0 Å². The van der Waals surface area contributed by atoms with Crippen molar-refractivity contribution in [3.63, 3.8) is 0 Å². The minimum absolute atomic E-state index is 0.0219. The minimum Gasteiger partial charge on any atom is -0.508 e. The smallest absolute Gasteiger partial charge is 0.331 e. The number of phenols is 1. The summed E-state index contributed by atoms with van der Waals surface area (Å²) in [6.45, 7) is 1.81. The van der Waals surface area contributed by atoms with E-state index in [0.29, 0.717) is 17.7 Å². The van der Waals surface area contributed by atoms with Crippen LogP contribution in [0.15, 0.2) is 83.9 Å². The summed E-state index contributed by atoms with van der Waals surface area (Å²) in [6, 6.07) is 14.3. The second-order valence-electron chi connectivity index (χ2n) is 7.30. The van der Waals surface area contributed by atoms with E-state index in [0.717, 1.165) is 21.8 Å². The number of aliphatic hydroxyl groups is 1. The molecule has 6 heteroatoms. The standard InChI is InChI=1S/C25H22O5S/c1-2-16(25(28)29)13-15-3-10-20(11-4-15)30-23-21-12-9-19(27)14-22(21)31-24(23)17-5-7-18(26)8-6-17/h3-14,21-22,26-27H,2H2,1H3,(H,28,29)/b16-13+. The molecule has 0 bridgehead atoms. The van der Waals surface area contributed by atoms with Crippen molar-refractivity contribution in [1.29, 1.82) is 0 Å². The lowest BCUT2D eigenvalue weighted by Gasteiger charge is -2.19. The van der Waals surface area contributed by atoms with Crippen molar-refractivity contribution in [1.82, 2.24) is 0 Å². The van der Waals surface area contributed by atoms with Crippen LogP contribution in [-0.4, -0.2) is 26.5 Å². The van der Waals surface area contributed by atoms with E-state index in [9.17, 15) is 20.1 Å². The van der Waals surface area contributed by atoms with Crippen LogP contribution in [0.4, 0.5) is 0 Å². The number of benzene rings is 2. The van der Waals surface area contributed by atoms with Crippen molar-refractivity contribution < 1.29 is 24.9 Å². The maximum absolute atomic E-state index is 11.2. The van der Waals surface area contributed by atoms with Crippen LogP contribution in [0.5, 0.6) is 11.5 Å². The van der Waals surface area contributed by atoms with Crippen molar-refractivity contribution in [2.24, 2.45) is 5.92 Å². The Morgan fingerprint density at radius 3 is 2.45 bits per heavy atom. The van der Waals surface area contributed by atoms with Gasteiger partial charge in [0.1, 0.15) is 23.0 Å². The van der Waals surface area contributed by atoms with E-state index in [2.05, 4.69) is 0 Å². The van der Waals surface area contributed by atoms with Gasteiger partial charge in [0.05, 0.1) is 10.8 Å². The quantitative estimate of drug-likeness (QED) is 0.501. The predicted octanol–water partition coefficient (Wildman–Crippen LogP) is 5.76. The third-order valence-electron chi connectivity index (χ3n) is 5.18. The fraction of sp³-hybridized carbons (Fsp3) is 0.160. The molecular weight excluding hydrogens is 412 g/mol. The predicted molar refractivity (Wildman–Crippen MR) is 123 cm³/mol. The highest BCUT2D eigenvalue weighted by Crippen LogP contribution is 2.50. The molecule has 0 saturated carbocycles. The van der Waals surface area contributed by atoms with Crippen LogP contribution in [0.2, 0.25) is 0 Å². The largest absolute Gasteiger partial charge is 0.508 e. The lowest BCUT2D eigenvalue weighted by molar-refractivity contribution is -0.132. The molecule has 0 aromatic heterocycles. The molecule has 5 nitrogen and oxygen atoms in total. The van der Waals surface area contributed by atoms with Crippen LogP contribution in [0.3, 0.4) is 0 Å². The van der Waals surface area contributed by atoms with Gasteiger partial charge in [0.2, 0.25) is 0 Å². The lowest BCUT2D eigenvalue weighted by atomic mass is 9.96. The third kappa shape index (κ3) is 4.54. The Labute approximate surface area is 184 Å². The zero-order chi connectivity index (χ0) is 22.0. The number of hydrogen-bond acceptors (Lipinski definition) is 5. The summed E-state index contributed by atoms with van der Waals surface area (Å²) in [5.41, 5.74) is 2.07. The van der Waals surface area contributed by atoms with E-state index in [1.807, 2.05) is 55.5 Å². The molecule has 3 N–H and O–H groups in total. The zero-order valence-corrected chi connectivity index (χ0v) is 17.7. The fourth-order valence-electron chi connectivity index (χ4n) is 3.54. The van der Waals surface area contributed by atoms with Gasteiger partial charge in [0.15, 0.2) is 0 Å². The fourth-order valence-corrected chi connectivity index (χ4v) is 4.95. The first-order valence-electron chi connectivity index (χ1n) is 9.95. The molecule has 0 radical (unpaired) electrons. The van der Waals surface area contributed by atoms with Crippen LogP contribution in [0.25, 0.3) is 11.0 Å². The number of phenolic OH excluding ortho intramolecular Hbond substituents is 1. The average Bonchev–Trinajstić information content (AvgIpc) is 3.10.